The zero-order valence-corrected chi connectivity index (χ0v) is 12.3. The zero-order valence-electron chi connectivity index (χ0n) is 11.6. The Hall–Kier alpha value is -2.33. The predicted molar refractivity (Wildman–Crippen MR) is 83.0 cm³/mol. The molecule has 2 aromatic carbocycles. The number of carboxylic acids is 1. The summed E-state index contributed by atoms with van der Waals surface area (Å²) in [5.74, 6) is -0.407. The van der Waals surface area contributed by atoms with E-state index in [4.69, 9.17) is 11.6 Å². The smallest absolute Gasteiger partial charge is 0.336 e. The maximum atomic E-state index is 11.6. The first kappa shape index (κ1) is 13.6. The molecule has 0 atom stereocenters. The molecule has 0 aliphatic heterocycles. The van der Waals surface area contributed by atoms with Crippen molar-refractivity contribution in [3.05, 3.63) is 52.0 Å². The highest BCUT2D eigenvalue weighted by atomic mass is 35.5. The monoisotopic (exact) mass is 300 g/mol. The number of rotatable bonds is 2. The highest BCUT2D eigenvalue weighted by molar-refractivity contribution is 6.31. The lowest BCUT2D eigenvalue weighted by atomic mass is 9.97. The molecule has 0 radical (unpaired) electrons. The fourth-order valence-electron chi connectivity index (χ4n) is 2.49. The van der Waals surface area contributed by atoms with Crippen LogP contribution in [-0.2, 0) is 0 Å². The molecule has 0 amide bonds. The first-order valence-corrected chi connectivity index (χ1v) is 6.84. The van der Waals surface area contributed by atoms with Gasteiger partial charge in [-0.05, 0) is 43.2 Å². The van der Waals surface area contributed by atoms with Gasteiger partial charge < -0.3 is 10.1 Å². The standard InChI is InChI=1S/C16H13ClN2O2/c1-8-3-4-9(2)14(16(20)21)13(8)15-18-11-6-5-10(17)7-12(11)19-15/h3-7H,1-2H3,(H,18,19)(H,20,21). The van der Waals surface area contributed by atoms with Crippen LogP contribution in [0.3, 0.4) is 0 Å². The second kappa shape index (κ2) is 4.90. The molecular weight excluding hydrogens is 288 g/mol. The van der Waals surface area contributed by atoms with Crippen LogP contribution in [0.25, 0.3) is 22.4 Å². The molecule has 0 saturated carbocycles. The third-order valence-corrected chi connectivity index (χ3v) is 3.75. The molecule has 0 unspecified atom stereocenters. The van der Waals surface area contributed by atoms with Crippen LogP contribution >= 0.6 is 11.6 Å². The molecule has 3 aromatic rings. The van der Waals surface area contributed by atoms with Crippen LogP contribution < -0.4 is 0 Å². The summed E-state index contributed by atoms with van der Waals surface area (Å²) in [7, 11) is 0. The number of nitrogens with one attached hydrogen (secondary N) is 1. The molecule has 2 N–H and O–H groups in total. The van der Waals surface area contributed by atoms with Crippen molar-refractivity contribution >= 4 is 28.6 Å². The fraction of sp³-hybridized carbons (Fsp3) is 0.125. The number of benzene rings is 2. The van der Waals surface area contributed by atoms with Crippen LogP contribution in [0, 0.1) is 13.8 Å². The first-order chi connectivity index (χ1) is 9.97. The number of carboxylic acid groups (broad SMARTS) is 1. The summed E-state index contributed by atoms with van der Waals surface area (Å²) in [4.78, 5) is 19.2. The Kier molecular flexibility index (Phi) is 3.18. The van der Waals surface area contributed by atoms with Crippen LogP contribution in [-0.4, -0.2) is 21.0 Å². The number of carbonyl (C=O) groups is 1. The van der Waals surface area contributed by atoms with Gasteiger partial charge in [0.15, 0.2) is 0 Å². The lowest BCUT2D eigenvalue weighted by Gasteiger charge is -2.10. The molecule has 3 rings (SSSR count). The van der Waals surface area contributed by atoms with Gasteiger partial charge in [-0.3, -0.25) is 0 Å². The molecule has 106 valence electrons. The summed E-state index contributed by atoms with van der Waals surface area (Å²) in [6.45, 7) is 3.66. The number of fused-ring (bicyclic) bond motifs is 1. The van der Waals surface area contributed by atoms with Crippen LogP contribution in [0.15, 0.2) is 30.3 Å². The van der Waals surface area contributed by atoms with Crippen molar-refractivity contribution in [3.8, 4) is 11.4 Å². The third-order valence-electron chi connectivity index (χ3n) is 3.52. The molecule has 0 saturated heterocycles. The summed E-state index contributed by atoms with van der Waals surface area (Å²) in [6, 6.07) is 9.05. The van der Waals surface area contributed by atoms with Crippen molar-refractivity contribution in [2.75, 3.05) is 0 Å². The van der Waals surface area contributed by atoms with Gasteiger partial charge in [0, 0.05) is 10.6 Å². The highest BCUT2D eigenvalue weighted by Crippen LogP contribution is 2.30. The van der Waals surface area contributed by atoms with Crippen LogP contribution in [0.1, 0.15) is 21.5 Å². The van der Waals surface area contributed by atoms with E-state index >= 15 is 0 Å². The predicted octanol–water partition coefficient (Wildman–Crippen LogP) is 4.20. The number of aromatic amines is 1. The Morgan fingerprint density at radius 2 is 1.90 bits per heavy atom. The Bertz CT molecular complexity index is 868. The first-order valence-electron chi connectivity index (χ1n) is 6.46. The largest absolute Gasteiger partial charge is 0.478 e. The van der Waals surface area contributed by atoms with E-state index in [0.717, 1.165) is 16.6 Å². The molecule has 0 aliphatic rings. The summed E-state index contributed by atoms with van der Waals surface area (Å²) in [5, 5.41) is 10.1. The average molecular weight is 301 g/mol. The topological polar surface area (TPSA) is 66.0 Å². The summed E-state index contributed by atoms with van der Waals surface area (Å²) < 4.78 is 0. The van der Waals surface area contributed by atoms with Gasteiger partial charge in [0.25, 0.3) is 0 Å². The molecule has 0 spiro atoms. The maximum absolute atomic E-state index is 11.6. The number of hydrogen-bond acceptors (Lipinski definition) is 2. The molecular formula is C16H13ClN2O2. The van der Waals surface area contributed by atoms with Gasteiger partial charge in [-0.25, -0.2) is 9.78 Å². The minimum atomic E-state index is -0.954. The molecule has 0 bridgehead atoms. The average Bonchev–Trinajstić information content (AvgIpc) is 2.83. The van der Waals surface area contributed by atoms with Gasteiger partial charge in [0.05, 0.1) is 16.6 Å². The lowest BCUT2D eigenvalue weighted by molar-refractivity contribution is 0.0697. The molecule has 1 heterocycles. The Morgan fingerprint density at radius 1 is 1.19 bits per heavy atom. The number of aryl methyl sites for hydroxylation is 2. The zero-order chi connectivity index (χ0) is 15.1. The van der Waals surface area contributed by atoms with Crippen molar-refractivity contribution in [1.29, 1.82) is 0 Å². The second-order valence-corrected chi connectivity index (χ2v) is 5.44. The van der Waals surface area contributed by atoms with E-state index in [1.807, 2.05) is 25.1 Å². The Balaban J connectivity index is 2.32. The molecule has 1 aromatic heterocycles. The number of hydrogen-bond donors (Lipinski definition) is 2. The number of aromatic nitrogens is 2. The van der Waals surface area contributed by atoms with Crippen molar-refractivity contribution in [2.24, 2.45) is 0 Å². The minimum Gasteiger partial charge on any atom is -0.478 e. The number of nitrogens with zero attached hydrogens (tertiary/aromatic N) is 1. The number of aromatic carboxylic acids is 1. The highest BCUT2D eigenvalue weighted by Gasteiger charge is 2.19. The minimum absolute atomic E-state index is 0.278. The number of halogens is 1. The van der Waals surface area contributed by atoms with Gasteiger partial charge in [0.1, 0.15) is 5.82 Å². The van der Waals surface area contributed by atoms with Gasteiger partial charge in [-0.2, -0.15) is 0 Å². The number of imidazole rings is 1. The van der Waals surface area contributed by atoms with Crippen molar-refractivity contribution in [1.82, 2.24) is 9.97 Å². The summed E-state index contributed by atoms with van der Waals surface area (Å²) >= 11 is 5.97. The van der Waals surface area contributed by atoms with Crippen molar-refractivity contribution < 1.29 is 9.90 Å². The van der Waals surface area contributed by atoms with Crippen molar-refractivity contribution in [3.63, 3.8) is 0 Å². The van der Waals surface area contributed by atoms with E-state index < -0.39 is 5.97 Å². The van der Waals surface area contributed by atoms with E-state index in [9.17, 15) is 9.90 Å². The summed E-state index contributed by atoms with van der Waals surface area (Å²) in [6.07, 6.45) is 0. The van der Waals surface area contributed by atoms with E-state index in [-0.39, 0.29) is 5.56 Å². The van der Waals surface area contributed by atoms with Crippen LogP contribution in [0.2, 0.25) is 5.02 Å². The molecule has 5 heteroatoms. The van der Waals surface area contributed by atoms with Gasteiger partial charge in [-0.15, -0.1) is 0 Å². The fourth-order valence-corrected chi connectivity index (χ4v) is 2.66. The van der Waals surface area contributed by atoms with E-state index in [2.05, 4.69) is 9.97 Å². The summed E-state index contributed by atoms with van der Waals surface area (Å²) in [5.41, 5.74) is 4.01. The normalized spacial score (nSPS) is 11.0. The quantitative estimate of drug-likeness (QED) is 0.745. The third kappa shape index (κ3) is 2.28. The molecule has 0 fully saturated rings. The van der Waals surface area contributed by atoms with Crippen LogP contribution in [0.4, 0.5) is 0 Å². The van der Waals surface area contributed by atoms with Gasteiger partial charge in [0.2, 0.25) is 0 Å². The van der Waals surface area contributed by atoms with Crippen LogP contribution in [0.5, 0.6) is 0 Å². The van der Waals surface area contributed by atoms with E-state index in [1.54, 1.807) is 19.1 Å². The molecule has 4 nitrogen and oxygen atoms in total. The van der Waals surface area contributed by atoms with E-state index in [0.29, 0.717) is 22.0 Å². The Morgan fingerprint density at radius 3 is 2.62 bits per heavy atom. The number of H-pyrrole nitrogens is 1. The second-order valence-electron chi connectivity index (χ2n) is 5.00. The van der Waals surface area contributed by atoms with Gasteiger partial charge >= 0.3 is 5.97 Å². The Labute approximate surface area is 126 Å². The van der Waals surface area contributed by atoms with Gasteiger partial charge in [-0.1, -0.05) is 23.7 Å². The molecule has 21 heavy (non-hydrogen) atoms. The SMILES string of the molecule is Cc1ccc(C)c(-c2nc3ccc(Cl)cc3[nH]2)c1C(=O)O. The maximum Gasteiger partial charge on any atom is 0.336 e. The van der Waals surface area contributed by atoms with Crippen molar-refractivity contribution in [2.45, 2.75) is 13.8 Å². The lowest BCUT2D eigenvalue weighted by Crippen LogP contribution is -2.05. The van der Waals surface area contributed by atoms with E-state index in [1.165, 1.54) is 0 Å². The molecule has 0 aliphatic carbocycles.